The molecule has 4 heteroatoms. The Balaban J connectivity index is 2.70. The number of halogens is 1. The van der Waals surface area contributed by atoms with E-state index in [0.717, 1.165) is 0 Å². The fourth-order valence-corrected chi connectivity index (χ4v) is 1.14. The summed E-state index contributed by atoms with van der Waals surface area (Å²) in [6, 6.07) is 3.60. The lowest BCUT2D eigenvalue weighted by molar-refractivity contribution is 0.0509. The number of aromatic nitrogens is 1. The molecule has 0 bridgehead atoms. The predicted octanol–water partition coefficient (Wildman–Crippen LogP) is 0.851. The van der Waals surface area contributed by atoms with E-state index in [2.05, 4.69) is 0 Å². The summed E-state index contributed by atoms with van der Waals surface area (Å²) < 4.78 is 1.76. The first kappa shape index (κ1) is 9.58. The topological polar surface area (TPSA) is 51.2 Å². The largest absolute Gasteiger partial charge is 0.387 e. The van der Waals surface area contributed by atoms with Crippen LogP contribution in [0.1, 0.15) is 6.92 Å². The van der Waals surface area contributed by atoms with Gasteiger partial charge in [0.2, 0.25) is 0 Å². The minimum Gasteiger partial charge on any atom is -0.387 e. The Bertz CT molecular complexity index is 257. The Morgan fingerprint density at radius 1 is 1.75 bits per heavy atom. The van der Waals surface area contributed by atoms with Gasteiger partial charge in [-0.15, -0.1) is 0 Å². The molecule has 0 radical (unpaired) electrons. The molecule has 1 rings (SSSR count). The zero-order valence-electron chi connectivity index (χ0n) is 7.00. The molecule has 0 aliphatic rings. The third-order valence-corrected chi connectivity index (χ3v) is 2.07. The molecule has 0 spiro atoms. The minimum absolute atomic E-state index is 0.224. The summed E-state index contributed by atoms with van der Waals surface area (Å²) in [7, 11) is 0. The van der Waals surface area contributed by atoms with Crippen molar-refractivity contribution in [3.05, 3.63) is 23.5 Å². The van der Waals surface area contributed by atoms with E-state index in [-0.39, 0.29) is 6.54 Å². The Hall–Kier alpha value is -0.510. The summed E-state index contributed by atoms with van der Waals surface area (Å²) in [5.74, 6) is 0. The molecule has 1 aromatic rings. The van der Waals surface area contributed by atoms with Crippen LogP contribution in [0.4, 0.5) is 0 Å². The summed E-state index contributed by atoms with van der Waals surface area (Å²) in [5, 5.41) is 10.2. The van der Waals surface area contributed by atoms with Crippen LogP contribution in [0.2, 0.25) is 5.15 Å². The predicted molar refractivity (Wildman–Crippen MR) is 49.1 cm³/mol. The van der Waals surface area contributed by atoms with Gasteiger partial charge in [0.1, 0.15) is 5.15 Å². The molecule has 3 N–H and O–H groups in total. The van der Waals surface area contributed by atoms with Crippen molar-refractivity contribution >= 4 is 11.6 Å². The van der Waals surface area contributed by atoms with E-state index in [1.54, 1.807) is 17.6 Å². The van der Waals surface area contributed by atoms with Crippen LogP contribution < -0.4 is 5.73 Å². The van der Waals surface area contributed by atoms with Crippen molar-refractivity contribution in [3.63, 3.8) is 0 Å². The molecule has 0 amide bonds. The van der Waals surface area contributed by atoms with Gasteiger partial charge in [-0.1, -0.05) is 11.6 Å². The van der Waals surface area contributed by atoms with Gasteiger partial charge in [-0.3, -0.25) is 0 Å². The van der Waals surface area contributed by atoms with Crippen LogP contribution in [0.25, 0.3) is 0 Å². The Labute approximate surface area is 76.7 Å². The monoisotopic (exact) mass is 188 g/mol. The average Bonchev–Trinajstić information content (AvgIpc) is 2.36. The normalized spacial score (nSPS) is 16.0. The van der Waals surface area contributed by atoms with Crippen molar-refractivity contribution in [2.45, 2.75) is 19.1 Å². The number of hydrogen-bond donors (Lipinski definition) is 2. The van der Waals surface area contributed by atoms with E-state index in [4.69, 9.17) is 17.3 Å². The van der Waals surface area contributed by atoms with Crippen LogP contribution in [0.3, 0.4) is 0 Å². The second-order valence-electron chi connectivity index (χ2n) is 3.16. The highest BCUT2D eigenvalue weighted by Crippen LogP contribution is 2.13. The molecule has 1 aromatic heterocycles. The zero-order valence-corrected chi connectivity index (χ0v) is 7.75. The molecule has 0 aliphatic heterocycles. The summed E-state index contributed by atoms with van der Waals surface area (Å²) in [6.45, 7) is 2.33. The van der Waals surface area contributed by atoms with E-state index in [9.17, 15) is 5.11 Å². The maximum Gasteiger partial charge on any atom is 0.108 e. The van der Waals surface area contributed by atoms with E-state index in [1.807, 2.05) is 12.3 Å². The smallest absolute Gasteiger partial charge is 0.108 e. The van der Waals surface area contributed by atoms with Crippen molar-refractivity contribution in [2.75, 3.05) is 6.54 Å². The maximum absolute atomic E-state index is 9.61. The lowest BCUT2D eigenvalue weighted by Gasteiger charge is -2.21. The zero-order chi connectivity index (χ0) is 9.19. The molecule has 0 aromatic carbocycles. The first-order valence-corrected chi connectivity index (χ1v) is 4.16. The fraction of sp³-hybridized carbons (Fsp3) is 0.500. The van der Waals surface area contributed by atoms with Crippen LogP contribution in [-0.2, 0) is 6.54 Å². The number of aliphatic hydroxyl groups is 1. The number of rotatable bonds is 3. The lowest BCUT2D eigenvalue weighted by Crippen LogP contribution is -2.38. The van der Waals surface area contributed by atoms with Gasteiger partial charge < -0.3 is 15.4 Å². The van der Waals surface area contributed by atoms with Crippen LogP contribution in [0.5, 0.6) is 0 Å². The summed E-state index contributed by atoms with van der Waals surface area (Å²) in [5.41, 5.74) is 4.48. The van der Waals surface area contributed by atoms with Crippen molar-refractivity contribution in [1.29, 1.82) is 0 Å². The molecule has 0 aliphatic carbocycles. The number of nitrogens with zero attached hydrogens (tertiary/aromatic N) is 1. The van der Waals surface area contributed by atoms with Crippen LogP contribution in [0.15, 0.2) is 18.3 Å². The maximum atomic E-state index is 9.61. The highest BCUT2D eigenvalue weighted by atomic mass is 35.5. The molecule has 68 valence electrons. The molecular formula is C8H13ClN2O. The van der Waals surface area contributed by atoms with Crippen molar-refractivity contribution in [2.24, 2.45) is 5.73 Å². The average molecular weight is 189 g/mol. The molecule has 1 heterocycles. The molecule has 0 fully saturated rings. The van der Waals surface area contributed by atoms with Gasteiger partial charge in [0.15, 0.2) is 0 Å². The van der Waals surface area contributed by atoms with E-state index in [1.165, 1.54) is 0 Å². The van der Waals surface area contributed by atoms with E-state index >= 15 is 0 Å². The third-order valence-electron chi connectivity index (χ3n) is 1.72. The van der Waals surface area contributed by atoms with Gasteiger partial charge in [-0.2, -0.15) is 0 Å². The molecule has 0 saturated carbocycles. The second kappa shape index (κ2) is 3.47. The lowest BCUT2D eigenvalue weighted by atomic mass is 10.1. The van der Waals surface area contributed by atoms with Crippen LogP contribution in [-0.4, -0.2) is 21.8 Å². The number of nitrogens with two attached hydrogens (primary N) is 1. The molecule has 0 saturated heterocycles. The number of hydrogen-bond acceptors (Lipinski definition) is 2. The Kier molecular flexibility index (Phi) is 2.77. The van der Waals surface area contributed by atoms with Crippen molar-refractivity contribution < 1.29 is 5.11 Å². The quantitative estimate of drug-likeness (QED) is 0.739. The summed E-state index contributed by atoms with van der Waals surface area (Å²) >= 11 is 5.81. The Morgan fingerprint density at radius 2 is 2.42 bits per heavy atom. The van der Waals surface area contributed by atoms with E-state index in [0.29, 0.717) is 11.7 Å². The molecular weight excluding hydrogens is 176 g/mol. The van der Waals surface area contributed by atoms with Crippen LogP contribution >= 0.6 is 11.6 Å². The van der Waals surface area contributed by atoms with E-state index < -0.39 is 5.60 Å². The third kappa shape index (κ3) is 2.24. The molecule has 3 nitrogen and oxygen atoms in total. The van der Waals surface area contributed by atoms with Crippen molar-refractivity contribution in [3.8, 4) is 0 Å². The van der Waals surface area contributed by atoms with Gasteiger partial charge in [0, 0.05) is 12.7 Å². The highest BCUT2D eigenvalue weighted by Gasteiger charge is 2.18. The summed E-state index contributed by atoms with van der Waals surface area (Å²) in [6.07, 6.45) is 1.81. The molecule has 1 atom stereocenters. The first-order valence-electron chi connectivity index (χ1n) is 3.78. The SMILES string of the molecule is CC(O)(CN)Cn1cccc1Cl. The first-order chi connectivity index (χ1) is 5.55. The second-order valence-corrected chi connectivity index (χ2v) is 3.55. The van der Waals surface area contributed by atoms with Gasteiger partial charge in [-0.25, -0.2) is 0 Å². The van der Waals surface area contributed by atoms with Crippen molar-refractivity contribution in [1.82, 2.24) is 4.57 Å². The molecule has 1 unspecified atom stereocenters. The summed E-state index contributed by atoms with van der Waals surface area (Å²) in [4.78, 5) is 0. The van der Waals surface area contributed by atoms with Gasteiger partial charge in [-0.05, 0) is 19.1 Å². The molecule has 12 heavy (non-hydrogen) atoms. The Morgan fingerprint density at radius 3 is 2.83 bits per heavy atom. The van der Waals surface area contributed by atoms with Gasteiger partial charge in [0.25, 0.3) is 0 Å². The van der Waals surface area contributed by atoms with Gasteiger partial charge >= 0.3 is 0 Å². The highest BCUT2D eigenvalue weighted by molar-refractivity contribution is 6.29. The van der Waals surface area contributed by atoms with Crippen LogP contribution in [0, 0.1) is 0 Å². The van der Waals surface area contributed by atoms with Gasteiger partial charge in [0.05, 0.1) is 12.1 Å². The minimum atomic E-state index is -0.886. The standard InChI is InChI=1S/C8H13ClN2O/c1-8(12,5-10)6-11-4-2-3-7(11)9/h2-4,12H,5-6,10H2,1H3. The fourth-order valence-electron chi connectivity index (χ4n) is 0.953.